The van der Waals surface area contributed by atoms with Crippen molar-refractivity contribution in [3.63, 3.8) is 0 Å². The third kappa shape index (κ3) is 4.26. The van der Waals surface area contributed by atoms with Gasteiger partial charge in [-0.25, -0.2) is 4.79 Å². The second kappa shape index (κ2) is 9.12. The number of hydrogen-bond donors (Lipinski definition) is 3. The van der Waals surface area contributed by atoms with Crippen molar-refractivity contribution >= 4 is 17.8 Å². The Morgan fingerprint density at radius 1 is 0.941 bits per heavy atom. The van der Waals surface area contributed by atoms with Crippen LogP contribution in [0.3, 0.4) is 0 Å². The van der Waals surface area contributed by atoms with E-state index in [9.17, 15) is 32.7 Å². The van der Waals surface area contributed by atoms with Gasteiger partial charge in [0.2, 0.25) is 0 Å². The second-order valence-corrected chi connectivity index (χ2v) is 8.90. The summed E-state index contributed by atoms with van der Waals surface area (Å²) in [4.78, 5) is 37.9. The molecule has 2 aromatic rings. The van der Waals surface area contributed by atoms with Gasteiger partial charge >= 0.3 is 18.1 Å². The summed E-state index contributed by atoms with van der Waals surface area (Å²) in [5.41, 5.74) is -0.911. The van der Waals surface area contributed by atoms with Crippen molar-refractivity contribution in [2.75, 3.05) is 0 Å². The Morgan fingerprint density at radius 3 is 1.97 bits per heavy atom. The van der Waals surface area contributed by atoms with Gasteiger partial charge in [0.15, 0.2) is 5.54 Å². The number of aliphatic carboxylic acids is 1. The highest BCUT2D eigenvalue weighted by molar-refractivity contribution is 6.04. The molecule has 6 nitrogen and oxygen atoms in total. The van der Waals surface area contributed by atoms with Gasteiger partial charge in [0.05, 0.1) is 0 Å². The lowest BCUT2D eigenvalue weighted by Gasteiger charge is -2.34. The first-order chi connectivity index (χ1) is 16.1. The van der Waals surface area contributed by atoms with Gasteiger partial charge in [-0.1, -0.05) is 80.6 Å². The number of rotatable bonds is 6. The molecule has 0 aromatic heterocycles. The maximum absolute atomic E-state index is 13.8. The molecule has 4 rings (SSSR count). The van der Waals surface area contributed by atoms with E-state index in [1.54, 1.807) is 36.4 Å². The van der Waals surface area contributed by atoms with Crippen molar-refractivity contribution in [2.45, 2.75) is 56.3 Å². The van der Waals surface area contributed by atoms with Crippen molar-refractivity contribution in [3.8, 4) is 11.1 Å². The fourth-order valence-corrected chi connectivity index (χ4v) is 5.16. The molecule has 0 unspecified atom stereocenters. The molecule has 2 aliphatic carbocycles. The molecule has 0 saturated heterocycles. The average Bonchev–Trinajstić information content (AvgIpc) is 3.10. The fraction of sp³-hybridized carbons (Fsp3) is 0.400. The Hall–Kier alpha value is -3.36. The summed E-state index contributed by atoms with van der Waals surface area (Å²) in [6.07, 6.45) is -0.389. The highest BCUT2D eigenvalue weighted by Gasteiger charge is 2.54. The van der Waals surface area contributed by atoms with Gasteiger partial charge in [-0.2, -0.15) is 13.2 Å². The molecule has 9 heteroatoms. The van der Waals surface area contributed by atoms with Crippen LogP contribution in [0.1, 0.15) is 49.7 Å². The molecule has 2 aliphatic rings. The summed E-state index contributed by atoms with van der Waals surface area (Å²) in [6, 6.07) is 11.4. The van der Waals surface area contributed by atoms with E-state index in [1.165, 1.54) is 12.1 Å². The molecule has 0 bridgehead atoms. The highest BCUT2D eigenvalue weighted by atomic mass is 19.4. The van der Waals surface area contributed by atoms with Crippen LogP contribution in [0.25, 0.3) is 11.1 Å². The molecule has 180 valence electrons. The number of benzene rings is 2. The van der Waals surface area contributed by atoms with E-state index in [-0.39, 0.29) is 23.5 Å². The van der Waals surface area contributed by atoms with Crippen molar-refractivity contribution in [1.29, 1.82) is 0 Å². The van der Waals surface area contributed by atoms with E-state index in [0.29, 0.717) is 11.1 Å². The summed E-state index contributed by atoms with van der Waals surface area (Å²) >= 11 is 0. The monoisotopic (exact) mass is 474 g/mol. The molecule has 0 heterocycles. The number of hydrogen-bond acceptors (Lipinski definition) is 3. The Labute approximate surface area is 194 Å². The smallest absolute Gasteiger partial charge is 0.471 e. The zero-order valence-electron chi connectivity index (χ0n) is 18.3. The minimum atomic E-state index is -5.24. The lowest BCUT2D eigenvalue weighted by Crippen LogP contribution is -2.60. The van der Waals surface area contributed by atoms with E-state index in [0.717, 1.165) is 32.1 Å². The van der Waals surface area contributed by atoms with Crippen LogP contribution >= 0.6 is 0 Å². The number of fused-ring (bicyclic) bond motifs is 3. The minimum Gasteiger partial charge on any atom is -0.480 e. The molecule has 34 heavy (non-hydrogen) atoms. The maximum atomic E-state index is 13.8. The third-order valence-corrected chi connectivity index (χ3v) is 6.75. The number of halogens is 3. The normalized spacial score (nSPS) is 17.9. The van der Waals surface area contributed by atoms with Gasteiger partial charge in [-0.3, -0.25) is 9.59 Å². The molecular formula is C25H25F3N2O4. The molecule has 1 fully saturated rings. The summed E-state index contributed by atoms with van der Waals surface area (Å²) in [6.45, 7) is 0. The lowest BCUT2D eigenvalue weighted by molar-refractivity contribution is -0.176. The summed E-state index contributed by atoms with van der Waals surface area (Å²) in [7, 11) is 0. The van der Waals surface area contributed by atoms with Gasteiger partial charge in [-0.15, -0.1) is 0 Å². The number of carbonyl (C=O) groups excluding carboxylic acids is 2. The molecule has 2 aromatic carbocycles. The topological polar surface area (TPSA) is 95.5 Å². The molecular weight excluding hydrogens is 449 g/mol. The van der Waals surface area contributed by atoms with Gasteiger partial charge in [0.25, 0.3) is 5.91 Å². The number of carboxylic acids is 1. The van der Waals surface area contributed by atoms with Crippen LogP contribution in [0.4, 0.5) is 13.2 Å². The minimum absolute atomic E-state index is 0.0963. The average molecular weight is 474 g/mol. The Bertz CT molecular complexity index is 1060. The highest BCUT2D eigenvalue weighted by Crippen LogP contribution is 2.48. The van der Waals surface area contributed by atoms with Gasteiger partial charge in [0, 0.05) is 0 Å². The largest absolute Gasteiger partial charge is 0.480 e. The van der Waals surface area contributed by atoms with E-state index in [2.05, 4.69) is 5.32 Å². The zero-order chi connectivity index (χ0) is 24.5. The fourth-order valence-electron chi connectivity index (χ4n) is 5.16. The number of carbonyl (C=O) groups is 3. The predicted molar refractivity (Wildman–Crippen MR) is 118 cm³/mol. The molecule has 2 amide bonds. The number of alkyl halides is 3. The van der Waals surface area contributed by atoms with Crippen molar-refractivity contribution < 1.29 is 32.7 Å². The van der Waals surface area contributed by atoms with Gasteiger partial charge in [0.1, 0.15) is 6.04 Å². The van der Waals surface area contributed by atoms with Crippen LogP contribution in [-0.2, 0) is 19.9 Å². The van der Waals surface area contributed by atoms with Crippen LogP contribution in [-0.4, -0.2) is 35.1 Å². The second-order valence-electron chi connectivity index (χ2n) is 8.90. The first-order valence-corrected chi connectivity index (χ1v) is 11.3. The number of nitrogens with one attached hydrogen (secondary N) is 2. The molecule has 0 aliphatic heterocycles. The van der Waals surface area contributed by atoms with E-state index < -0.39 is 35.5 Å². The third-order valence-electron chi connectivity index (χ3n) is 6.75. The van der Waals surface area contributed by atoms with E-state index >= 15 is 0 Å². The number of amides is 2. The maximum Gasteiger partial charge on any atom is 0.471 e. The summed E-state index contributed by atoms with van der Waals surface area (Å²) < 4.78 is 40.0. The van der Waals surface area contributed by atoms with Crippen LogP contribution < -0.4 is 10.6 Å². The molecule has 3 N–H and O–H groups in total. The van der Waals surface area contributed by atoms with Crippen LogP contribution in [0.2, 0.25) is 0 Å². The predicted octanol–water partition coefficient (Wildman–Crippen LogP) is 4.13. The standard InChI is InChI=1S/C25H25F3N2O4/c26-25(27,28)23(34)30-24(18-12-6-4-10-16(18)17-11-5-7-13-19(17)24)22(33)29-20(21(31)32)14-15-8-2-1-3-9-15/h4-7,10-13,15,20H,1-3,8-9,14H2,(H,29,33)(H,30,34)(H,31,32)/t20-/m0/s1. The Morgan fingerprint density at radius 2 is 1.47 bits per heavy atom. The first kappa shape index (κ1) is 23.8. The number of carboxylic acid groups (broad SMARTS) is 1. The van der Waals surface area contributed by atoms with E-state index in [4.69, 9.17) is 0 Å². The summed E-state index contributed by atoms with van der Waals surface area (Å²) in [5.74, 6) is -4.46. The van der Waals surface area contributed by atoms with E-state index in [1.807, 2.05) is 5.32 Å². The van der Waals surface area contributed by atoms with Gasteiger partial charge in [-0.05, 0) is 34.6 Å². The molecule has 1 saturated carbocycles. The van der Waals surface area contributed by atoms with Crippen LogP contribution in [0.15, 0.2) is 48.5 Å². The first-order valence-electron chi connectivity index (χ1n) is 11.3. The molecule has 0 spiro atoms. The van der Waals surface area contributed by atoms with Crippen molar-refractivity contribution in [2.24, 2.45) is 5.92 Å². The molecule has 0 radical (unpaired) electrons. The van der Waals surface area contributed by atoms with Crippen molar-refractivity contribution in [3.05, 3.63) is 59.7 Å². The van der Waals surface area contributed by atoms with Crippen LogP contribution in [0.5, 0.6) is 0 Å². The quantitative estimate of drug-likeness (QED) is 0.587. The lowest BCUT2D eigenvalue weighted by atomic mass is 9.83. The molecule has 1 atom stereocenters. The Balaban J connectivity index is 1.77. The SMILES string of the molecule is O=C(O)[C@H](CC1CCCCC1)NC(=O)C1(NC(=O)C(F)(F)F)c2ccccc2-c2ccccc21. The van der Waals surface area contributed by atoms with Gasteiger partial charge < -0.3 is 15.7 Å². The Kier molecular flexibility index (Phi) is 6.38. The van der Waals surface area contributed by atoms with Crippen LogP contribution in [0, 0.1) is 5.92 Å². The summed E-state index contributed by atoms with van der Waals surface area (Å²) in [5, 5.41) is 14.2. The zero-order valence-corrected chi connectivity index (χ0v) is 18.3. The van der Waals surface area contributed by atoms with Crippen molar-refractivity contribution in [1.82, 2.24) is 10.6 Å².